The first-order valence-corrected chi connectivity index (χ1v) is 24.7. The van der Waals surface area contributed by atoms with E-state index in [0.29, 0.717) is 0 Å². The van der Waals surface area contributed by atoms with E-state index in [-0.39, 0.29) is 14.9 Å². The van der Waals surface area contributed by atoms with Gasteiger partial charge in [0.2, 0.25) is 0 Å². The third-order valence-electron chi connectivity index (χ3n) is 14.0. The van der Waals surface area contributed by atoms with Crippen molar-refractivity contribution in [1.29, 1.82) is 0 Å². The van der Waals surface area contributed by atoms with Gasteiger partial charge in [-0.05, 0) is 152 Å². The molecule has 0 aromatic heterocycles. The molecule has 0 nitrogen and oxygen atoms in total. The van der Waals surface area contributed by atoms with Gasteiger partial charge < -0.3 is 0 Å². The maximum Gasteiger partial charge on any atom is -0.00203 e. The van der Waals surface area contributed by atoms with Gasteiger partial charge in [0.15, 0.2) is 0 Å². The maximum absolute atomic E-state index is 2.43. The fourth-order valence-corrected chi connectivity index (χ4v) is 10.7. The van der Waals surface area contributed by atoms with Crippen LogP contribution in [0.4, 0.5) is 0 Å². The van der Waals surface area contributed by atoms with E-state index in [1.165, 1.54) is 132 Å². The average molecular weight is 927 g/mol. The molecule has 0 unspecified atom stereocenters. The molecule has 0 spiro atoms. The highest BCUT2D eigenvalue weighted by molar-refractivity contribution is 6.23. The molecule has 0 saturated carbocycles. The monoisotopic (exact) mass is 926 g/mol. The lowest BCUT2D eigenvalue weighted by Crippen LogP contribution is -1.94. The molecule has 0 heteroatoms. The summed E-state index contributed by atoms with van der Waals surface area (Å²) in [6.07, 6.45) is 4.41. The van der Waals surface area contributed by atoms with E-state index >= 15 is 0 Å². The van der Waals surface area contributed by atoms with Crippen LogP contribution in [0.25, 0.3) is 127 Å². The number of hydrogen-bond acceptors (Lipinski definition) is 0. The van der Waals surface area contributed by atoms with Crippen molar-refractivity contribution in [2.75, 3.05) is 0 Å². The summed E-state index contributed by atoms with van der Waals surface area (Å²) in [6, 6.07) is 89.6. The van der Waals surface area contributed by atoms with Crippen molar-refractivity contribution in [3.63, 3.8) is 0 Å². The third-order valence-corrected chi connectivity index (χ3v) is 14.0. The Kier molecular flexibility index (Phi) is 14.3. The van der Waals surface area contributed by atoms with Crippen LogP contribution >= 0.6 is 0 Å². The molecule has 0 heterocycles. The summed E-state index contributed by atoms with van der Waals surface area (Å²) < 4.78 is 0. The predicted octanol–water partition coefficient (Wildman–Crippen LogP) is 21.6. The second-order valence-corrected chi connectivity index (χ2v) is 17.9. The lowest BCUT2D eigenvalue weighted by molar-refractivity contribution is 1.44. The first-order valence-electron chi connectivity index (χ1n) is 24.7. The van der Waals surface area contributed by atoms with Crippen LogP contribution < -0.4 is 0 Å². The van der Waals surface area contributed by atoms with Crippen LogP contribution in [0.3, 0.4) is 0 Å². The van der Waals surface area contributed by atoms with Crippen LogP contribution in [0, 0.1) is 6.92 Å². The molecule has 0 N–H and O–H groups in total. The fraction of sp³-hybridized carbons (Fsp3) is 0.0833. The summed E-state index contributed by atoms with van der Waals surface area (Å²) in [7, 11) is 0. The Balaban J connectivity index is 0.00000158. The Hall–Kier alpha value is -8.58. The summed E-state index contributed by atoms with van der Waals surface area (Å²) in [4.78, 5) is 0. The smallest absolute Gasteiger partial charge is 0.00203 e. The molecule has 12 rings (SSSR count). The Labute approximate surface area is 427 Å². The predicted molar refractivity (Wildman–Crippen MR) is 319 cm³/mol. The first kappa shape index (κ1) is 48.4. The van der Waals surface area contributed by atoms with E-state index < -0.39 is 0 Å². The highest BCUT2D eigenvalue weighted by atomic mass is 14.2. The average Bonchev–Trinajstić information content (AvgIpc) is 3.43. The maximum atomic E-state index is 2.43. The molecule has 350 valence electrons. The standard InChI is InChI=1S/C68H48.C2H6.2CH4/c1-3-17-55-45(2)18-16-29-56(55)68-61-27-14-12-25-59(61)65(60-26-13-15-28-62(60)68)51-40-34-50(35-41-51)54-42-43-63-64(44-54)67(53-38-32-49(33-39-53)47-21-8-5-9-22-47)58-24-11-10-23-57(58)66(63)52-36-30-48(31-37-52)46-19-6-4-7-20-46;1-2;;/h3-44H,1-2H3;1-2H3;2*1H4/b17-3-;;;. The molecule has 0 atom stereocenters. The molecule has 0 fully saturated rings. The van der Waals surface area contributed by atoms with Crippen LogP contribution in [-0.2, 0) is 0 Å². The minimum atomic E-state index is 0. The molecule has 72 heavy (non-hydrogen) atoms. The molecule has 0 aliphatic rings. The van der Waals surface area contributed by atoms with Crippen molar-refractivity contribution < 1.29 is 0 Å². The molecule has 0 aliphatic carbocycles. The Morgan fingerprint density at radius 3 is 0.972 bits per heavy atom. The molecule has 12 aromatic carbocycles. The number of allylic oxidation sites excluding steroid dienone is 1. The van der Waals surface area contributed by atoms with Gasteiger partial charge in [-0.25, -0.2) is 0 Å². The van der Waals surface area contributed by atoms with E-state index in [9.17, 15) is 0 Å². The van der Waals surface area contributed by atoms with E-state index in [2.05, 4.69) is 269 Å². The summed E-state index contributed by atoms with van der Waals surface area (Å²) in [5.74, 6) is 0. The number of aryl methyl sites for hydroxylation is 1. The summed E-state index contributed by atoms with van der Waals surface area (Å²) >= 11 is 0. The summed E-state index contributed by atoms with van der Waals surface area (Å²) in [5, 5.41) is 10.0. The number of rotatable bonds is 8. The highest BCUT2D eigenvalue weighted by Crippen LogP contribution is 2.48. The lowest BCUT2D eigenvalue weighted by Gasteiger charge is -2.20. The molecule has 0 aliphatic heterocycles. The Morgan fingerprint density at radius 2 is 0.569 bits per heavy atom. The van der Waals surface area contributed by atoms with Crippen molar-refractivity contribution in [2.45, 2.75) is 42.5 Å². The van der Waals surface area contributed by atoms with Crippen molar-refractivity contribution >= 4 is 49.2 Å². The van der Waals surface area contributed by atoms with E-state index in [4.69, 9.17) is 0 Å². The third kappa shape index (κ3) is 8.71. The quantitative estimate of drug-likeness (QED) is 0.133. The van der Waals surface area contributed by atoms with Crippen molar-refractivity contribution in [3.8, 4) is 77.9 Å². The molecule has 12 aromatic rings. The molecule has 0 amide bonds. The highest BCUT2D eigenvalue weighted by Gasteiger charge is 2.21. The zero-order chi connectivity index (χ0) is 47.6. The second-order valence-electron chi connectivity index (χ2n) is 17.9. The largest absolute Gasteiger partial charge is 0.0870 e. The van der Waals surface area contributed by atoms with Gasteiger partial charge in [0, 0.05) is 0 Å². The van der Waals surface area contributed by atoms with Gasteiger partial charge in [0.25, 0.3) is 0 Å². The van der Waals surface area contributed by atoms with Crippen molar-refractivity contribution in [2.24, 2.45) is 0 Å². The topological polar surface area (TPSA) is 0 Å². The van der Waals surface area contributed by atoms with Crippen LogP contribution in [0.5, 0.6) is 0 Å². The first-order chi connectivity index (χ1) is 34.6. The van der Waals surface area contributed by atoms with E-state index in [0.717, 1.165) is 0 Å². The van der Waals surface area contributed by atoms with Crippen molar-refractivity contribution in [3.05, 3.63) is 260 Å². The normalized spacial score (nSPS) is 11.1. The van der Waals surface area contributed by atoms with Gasteiger partial charge in [-0.15, -0.1) is 0 Å². The molecular weight excluding hydrogens is 865 g/mol. The van der Waals surface area contributed by atoms with Crippen LogP contribution in [0.2, 0.25) is 0 Å². The summed E-state index contributed by atoms with van der Waals surface area (Å²) in [5.41, 5.74) is 19.7. The second kappa shape index (κ2) is 21.2. The van der Waals surface area contributed by atoms with Crippen LogP contribution in [0.1, 0.15) is 46.8 Å². The van der Waals surface area contributed by atoms with Crippen molar-refractivity contribution in [1.82, 2.24) is 0 Å². The number of hydrogen-bond donors (Lipinski definition) is 0. The fourth-order valence-electron chi connectivity index (χ4n) is 10.7. The van der Waals surface area contributed by atoms with Gasteiger partial charge in [0.1, 0.15) is 0 Å². The van der Waals surface area contributed by atoms with Gasteiger partial charge in [0.05, 0.1) is 0 Å². The van der Waals surface area contributed by atoms with Crippen LogP contribution in [-0.4, -0.2) is 0 Å². The van der Waals surface area contributed by atoms with Gasteiger partial charge in [-0.1, -0.05) is 277 Å². The molecule has 0 radical (unpaired) electrons. The number of fused-ring (bicyclic) bond motifs is 4. The Bertz CT molecular complexity index is 3800. The van der Waals surface area contributed by atoms with E-state index in [1.54, 1.807) is 0 Å². The van der Waals surface area contributed by atoms with Gasteiger partial charge in [-0.2, -0.15) is 0 Å². The molecule has 0 saturated heterocycles. The number of benzene rings is 12. The van der Waals surface area contributed by atoms with Gasteiger partial charge in [-0.3, -0.25) is 0 Å². The lowest BCUT2D eigenvalue weighted by atomic mass is 9.83. The Morgan fingerprint density at radius 1 is 0.264 bits per heavy atom. The van der Waals surface area contributed by atoms with E-state index in [1.807, 2.05) is 13.8 Å². The minimum Gasteiger partial charge on any atom is -0.0870 e. The zero-order valence-corrected chi connectivity index (χ0v) is 40.2. The SMILES string of the molecule is C.C.C/C=C\c1c(C)cccc1-c1c2ccccc2c(-c2ccc(-c3ccc4c(-c5ccc(-c6ccccc6)cc5)c5ccccc5c(-c5ccc(-c6ccccc6)cc5)c4c3)cc2)c2ccccc12.CC. The molecule has 0 bridgehead atoms. The summed E-state index contributed by atoms with van der Waals surface area (Å²) in [6.45, 7) is 8.32. The minimum absolute atomic E-state index is 0. The molecular formula is C72H62. The van der Waals surface area contributed by atoms with Crippen LogP contribution in [0.15, 0.2) is 249 Å². The zero-order valence-electron chi connectivity index (χ0n) is 40.2. The van der Waals surface area contributed by atoms with Gasteiger partial charge >= 0.3 is 0 Å².